The average Bonchev–Trinajstić information content (AvgIpc) is 3.02. The number of alkyl halides is 3. The lowest BCUT2D eigenvalue weighted by atomic mass is 10.1. The lowest BCUT2D eigenvalue weighted by Gasteiger charge is -2.11. The van der Waals surface area contributed by atoms with E-state index in [0.717, 1.165) is 23.5 Å². The number of thiazole rings is 1. The standard InChI is InChI=1S/C16H17F3N4O2S/c1-23(2)8-7-20-14(25)12-9-26-15(21-12)22-13(24)10-5-3-4-6-11(10)16(17,18)19/h3-6,9H,7-8H2,1-2H3,(H,20,25)(H,21,22,24). The quantitative estimate of drug-likeness (QED) is 0.801. The number of likely N-dealkylation sites (N-methyl/N-ethyl adjacent to an activating group) is 1. The molecule has 0 saturated carbocycles. The summed E-state index contributed by atoms with van der Waals surface area (Å²) < 4.78 is 38.9. The number of nitrogens with one attached hydrogen (secondary N) is 2. The number of carbonyl (C=O) groups excluding carboxylic acids is 2. The van der Waals surface area contributed by atoms with Crippen LogP contribution in [0.15, 0.2) is 29.6 Å². The van der Waals surface area contributed by atoms with Crippen LogP contribution in [-0.2, 0) is 6.18 Å². The maximum Gasteiger partial charge on any atom is 0.417 e. The van der Waals surface area contributed by atoms with E-state index in [4.69, 9.17) is 0 Å². The third-order valence-corrected chi connectivity index (χ3v) is 4.04. The second-order valence-electron chi connectivity index (χ2n) is 5.59. The van der Waals surface area contributed by atoms with Crippen molar-refractivity contribution in [3.05, 3.63) is 46.5 Å². The normalized spacial score (nSPS) is 11.5. The molecular weight excluding hydrogens is 369 g/mol. The monoisotopic (exact) mass is 386 g/mol. The van der Waals surface area contributed by atoms with Gasteiger partial charge < -0.3 is 10.2 Å². The smallest absolute Gasteiger partial charge is 0.349 e. The number of aromatic nitrogens is 1. The Labute approximate surface area is 152 Å². The molecule has 0 atom stereocenters. The number of halogens is 3. The molecule has 26 heavy (non-hydrogen) atoms. The van der Waals surface area contributed by atoms with Crippen molar-refractivity contribution in [1.82, 2.24) is 15.2 Å². The molecule has 0 radical (unpaired) electrons. The van der Waals surface area contributed by atoms with E-state index in [1.807, 2.05) is 19.0 Å². The zero-order chi connectivity index (χ0) is 19.3. The fourth-order valence-corrected chi connectivity index (χ4v) is 2.70. The molecule has 0 unspecified atom stereocenters. The highest BCUT2D eigenvalue weighted by molar-refractivity contribution is 7.14. The molecule has 1 aromatic carbocycles. The van der Waals surface area contributed by atoms with Crippen molar-refractivity contribution in [1.29, 1.82) is 0 Å². The van der Waals surface area contributed by atoms with Gasteiger partial charge in [0.05, 0.1) is 11.1 Å². The summed E-state index contributed by atoms with van der Waals surface area (Å²) in [6.07, 6.45) is -4.64. The number of carbonyl (C=O) groups is 2. The molecule has 2 aromatic rings. The van der Waals surface area contributed by atoms with Gasteiger partial charge in [0.25, 0.3) is 11.8 Å². The van der Waals surface area contributed by atoms with Crippen molar-refractivity contribution in [3.63, 3.8) is 0 Å². The summed E-state index contributed by atoms with van der Waals surface area (Å²) in [5.74, 6) is -1.36. The SMILES string of the molecule is CN(C)CCNC(=O)c1csc(NC(=O)c2ccccc2C(F)(F)F)n1. The fourth-order valence-electron chi connectivity index (χ4n) is 2.01. The Morgan fingerprint density at radius 1 is 1.19 bits per heavy atom. The molecule has 0 bridgehead atoms. The lowest BCUT2D eigenvalue weighted by molar-refractivity contribution is -0.137. The predicted octanol–water partition coefficient (Wildman–Crippen LogP) is 2.71. The van der Waals surface area contributed by atoms with Crippen molar-refractivity contribution < 1.29 is 22.8 Å². The third kappa shape index (κ3) is 5.27. The zero-order valence-corrected chi connectivity index (χ0v) is 14.9. The van der Waals surface area contributed by atoms with E-state index in [0.29, 0.717) is 13.1 Å². The minimum Gasteiger partial charge on any atom is -0.349 e. The number of benzene rings is 1. The second kappa shape index (κ2) is 8.28. The van der Waals surface area contributed by atoms with Gasteiger partial charge in [0.1, 0.15) is 5.69 Å². The summed E-state index contributed by atoms with van der Waals surface area (Å²) in [5.41, 5.74) is -1.45. The first-order chi connectivity index (χ1) is 12.2. The number of nitrogens with zero attached hydrogens (tertiary/aromatic N) is 2. The largest absolute Gasteiger partial charge is 0.417 e. The Morgan fingerprint density at radius 3 is 2.54 bits per heavy atom. The highest BCUT2D eigenvalue weighted by Crippen LogP contribution is 2.32. The van der Waals surface area contributed by atoms with Crippen molar-refractivity contribution in [2.75, 3.05) is 32.5 Å². The summed E-state index contributed by atoms with van der Waals surface area (Å²) in [6.45, 7) is 1.07. The van der Waals surface area contributed by atoms with E-state index in [2.05, 4.69) is 15.6 Å². The highest BCUT2D eigenvalue weighted by atomic mass is 32.1. The van der Waals surface area contributed by atoms with Crippen LogP contribution in [0.3, 0.4) is 0 Å². The minimum absolute atomic E-state index is 0.0461. The van der Waals surface area contributed by atoms with Crippen LogP contribution in [0.1, 0.15) is 26.4 Å². The predicted molar refractivity (Wildman–Crippen MR) is 92.4 cm³/mol. The van der Waals surface area contributed by atoms with Gasteiger partial charge in [-0.3, -0.25) is 14.9 Å². The molecule has 0 aliphatic rings. The molecule has 140 valence electrons. The van der Waals surface area contributed by atoms with E-state index in [9.17, 15) is 22.8 Å². The van der Waals surface area contributed by atoms with Gasteiger partial charge in [0.2, 0.25) is 0 Å². The van der Waals surface area contributed by atoms with E-state index in [1.54, 1.807) is 0 Å². The molecule has 6 nitrogen and oxygen atoms in total. The second-order valence-corrected chi connectivity index (χ2v) is 6.45. The van der Waals surface area contributed by atoms with Crippen molar-refractivity contribution in [2.45, 2.75) is 6.18 Å². The molecule has 2 rings (SSSR count). The van der Waals surface area contributed by atoms with Gasteiger partial charge in [-0.15, -0.1) is 11.3 Å². The minimum atomic E-state index is -4.64. The summed E-state index contributed by atoms with van der Waals surface area (Å²) in [7, 11) is 3.73. The summed E-state index contributed by atoms with van der Waals surface area (Å²) in [4.78, 5) is 29.9. The molecule has 2 N–H and O–H groups in total. The van der Waals surface area contributed by atoms with Gasteiger partial charge in [-0.05, 0) is 26.2 Å². The summed E-state index contributed by atoms with van der Waals surface area (Å²) >= 11 is 0.958. The molecule has 1 heterocycles. The van der Waals surface area contributed by atoms with E-state index < -0.39 is 29.1 Å². The van der Waals surface area contributed by atoms with Crippen LogP contribution in [0.4, 0.5) is 18.3 Å². The molecule has 0 aliphatic carbocycles. The zero-order valence-electron chi connectivity index (χ0n) is 14.1. The van der Waals surface area contributed by atoms with Crippen LogP contribution in [0.2, 0.25) is 0 Å². The van der Waals surface area contributed by atoms with E-state index in [1.165, 1.54) is 17.5 Å². The first-order valence-electron chi connectivity index (χ1n) is 7.54. The molecule has 0 fully saturated rings. The van der Waals surface area contributed by atoms with Gasteiger partial charge in [-0.2, -0.15) is 13.2 Å². The highest BCUT2D eigenvalue weighted by Gasteiger charge is 2.35. The van der Waals surface area contributed by atoms with Crippen molar-refractivity contribution in [3.8, 4) is 0 Å². The van der Waals surface area contributed by atoms with Crippen LogP contribution in [0, 0.1) is 0 Å². The third-order valence-electron chi connectivity index (χ3n) is 3.28. The van der Waals surface area contributed by atoms with Crippen LogP contribution < -0.4 is 10.6 Å². The van der Waals surface area contributed by atoms with Gasteiger partial charge in [0.15, 0.2) is 5.13 Å². The Bertz CT molecular complexity index is 790. The Hall–Kier alpha value is -2.46. The summed E-state index contributed by atoms with van der Waals surface area (Å²) in [5, 5.41) is 6.43. The molecule has 0 saturated heterocycles. The van der Waals surface area contributed by atoms with E-state index in [-0.39, 0.29) is 10.8 Å². The van der Waals surface area contributed by atoms with Gasteiger partial charge in [-0.1, -0.05) is 12.1 Å². The van der Waals surface area contributed by atoms with Crippen LogP contribution >= 0.6 is 11.3 Å². The number of rotatable bonds is 6. The molecule has 2 amide bonds. The van der Waals surface area contributed by atoms with Crippen molar-refractivity contribution in [2.24, 2.45) is 0 Å². The number of hydrogen-bond donors (Lipinski definition) is 2. The van der Waals surface area contributed by atoms with Crippen LogP contribution in [-0.4, -0.2) is 48.9 Å². The molecular formula is C16H17F3N4O2S. The summed E-state index contributed by atoms with van der Waals surface area (Å²) in [6, 6.07) is 4.47. The molecule has 0 spiro atoms. The van der Waals surface area contributed by atoms with Crippen molar-refractivity contribution >= 4 is 28.3 Å². The first-order valence-corrected chi connectivity index (χ1v) is 8.42. The topological polar surface area (TPSA) is 74.3 Å². The van der Waals surface area contributed by atoms with Crippen LogP contribution in [0.25, 0.3) is 0 Å². The Balaban J connectivity index is 2.05. The number of hydrogen-bond acceptors (Lipinski definition) is 5. The maximum absolute atomic E-state index is 13.0. The Morgan fingerprint density at radius 2 is 1.88 bits per heavy atom. The average molecular weight is 386 g/mol. The Kier molecular flexibility index (Phi) is 6.32. The van der Waals surface area contributed by atoms with Gasteiger partial charge in [-0.25, -0.2) is 4.98 Å². The number of anilines is 1. The van der Waals surface area contributed by atoms with Crippen LogP contribution in [0.5, 0.6) is 0 Å². The molecule has 0 aliphatic heterocycles. The first kappa shape index (κ1) is 19.9. The fraction of sp³-hybridized carbons (Fsp3) is 0.312. The van der Waals surface area contributed by atoms with E-state index >= 15 is 0 Å². The maximum atomic E-state index is 13.0. The van der Waals surface area contributed by atoms with Gasteiger partial charge in [0, 0.05) is 18.5 Å². The lowest BCUT2D eigenvalue weighted by Crippen LogP contribution is -2.31. The number of amides is 2. The van der Waals surface area contributed by atoms with Gasteiger partial charge >= 0.3 is 6.18 Å². The molecule has 1 aromatic heterocycles. The molecule has 10 heteroatoms.